The number of ketones is 1. The number of amides is 1. The van der Waals surface area contributed by atoms with Gasteiger partial charge in [-0.25, -0.2) is 0 Å². The number of nitrogens with one attached hydrogen (secondary N) is 1. The first kappa shape index (κ1) is 20.0. The summed E-state index contributed by atoms with van der Waals surface area (Å²) in [5.41, 5.74) is 4.50. The van der Waals surface area contributed by atoms with Crippen LogP contribution in [0.15, 0.2) is 85.1 Å². The molecule has 4 aromatic rings. The van der Waals surface area contributed by atoms with Gasteiger partial charge in [-0.1, -0.05) is 36.4 Å². The molecule has 6 heteroatoms. The minimum atomic E-state index is -0.662. The van der Waals surface area contributed by atoms with E-state index in [1.165, 1.54) is 0 Å². The van der Waals surface area contributed by atoms with Crippen molar-refractivity contribution in [2.75, 3.05) is 36.5 Å². The predicted molar refractivity (Wildman–Crippen MR) is 125 cm³/mol. The van der Waals surface area contributed by atoms with Gasteiger partial charge in [-0.05, 0) is 48.0 Å². The number of benzene rings is 2. The van der Waals surface area contributed by atoms with Gasteiger partial charge < -0.3 is 19.4 Å². The van der Waals surface area contributed by atoms with E-state index in [0.717, 1.165) is 35.4 Å². The number of anilines is 2. The molecular formula is C26H23N3O3. The van der Waals surface area contributed by atoms with E-state index in [9.17, 15) is 9.59 Å². The lowest BCUT2D eigenvalue weighted by Crippen LogP contribution is -2.36. The zero-order chi connectivity index (χ0) is 21.9. The first-order valence-corrected chi connectivity index (χ1v) is 10.6. The minimum absolute atomic E-state index is 0.356. The Bertz CT molecular complexity index is 1260. The summed E-state index contributed by atoms with van der Waals surface area (Å²) in [6.07, 6.45) is 1.80. The average Bonchev–Trinajstić information content (AvgIpc) is 3.25. The summed E-state index contributed by atoms with van der Waals surface area (Å²) in [5, 5.41) is 2.76. The number of pyridine rings is 1. The molecule has 3 heterocycles. The highest BCUT2D eigenvalue weighted by molar-refractivity contribution is 6.47. The molecule has 0 spiro atoms. The Hall–Kier alpha value is -3.90. The fraction of sp³-hybridized carbons (Fsp3) is 0.154. The Morgan fingerprint density at radius 1 is 0.844 bits per heavy atom. The number of Topliss-reactive ketones (excluding diaryl/α,β-unsaturated/α-hetero) is 1. The minimum Gasteiger partial charge on any atom is -0.378 e. The van der Waals surface area contributed by atoms with E-state index in [1.807, 2.05) is 78.9 Å². The second kappa shape index (κ2) is 8.69. The standard InChI is InChI=1S/C26H23N3O3/c30-25(26(31)27-20-9-11-21(12-10-20)28-14-16-32-17-15-28)24-23(19-6-2-1-3-7-19)18-22-8-4-5-13-29(22)24/h1-13,18H,14-17H2,(H,27,31). The lowest BCUT2D eigenvalue weighted by Gasteiger charge is -2.28. The van der Waals surface area contributed by atoms with E-state index < -0.39 is 11.7 Å². The second-order valence-corrected chi connectivity index (χ2v) is 7.70. The first-order chi connectivity index (χ1) is 15.7. The maximum atomic E-state index is 13.3. The Kier molecular flexibility index (Phi) is 5.44. The largest absolute Gasteiger partial charge is 0.378 e. The normalized spacial score (nSPS) is 13.8. The summed E-state index contributed by atoms with van der Waals surface area (Å²) in [6, 6.07) is 24.8. The Labute approximate surface area is 186 Å². The van der Waals surface area contributed by atoms with Crippen molar-refractivity contribution in [3.8, 4) is 11.1 Å². The van der Waals surface area contributed by atoms with Crippen molar-refractivity contribution >= 4 is 28.6 Å². The van der Waals surface area contributed by atoms with E-state index in [-0.39, 0.29) is 0 Å². The molecule has 2 aromatic heterocycles. The van der Waals surface area contributed by atoms with Crippen molar-refractivity contribution in [2.45, 2.75) is 0 Å². The molecule has 0 atom stereocenters. The summed E-state index contributed by atoms with van der Waals surface area (Å²) in [6.45, 7) is 3.10. The number of carbonyl (C=O) groups excluding carboxylic acids is 2. The van der Waals surface area contributed by atoms with Gasteiger partial charge in [0.25, 0.3) is 11.7 Å². The number of rotatable bonds is 5. The molecule has 2 aromatic carbocycles. The molecule has 1 fully saturated rings. The van der Waals surface area contributed by atoms with Crippen molar-refractivity contribution in [1.29, 1.82) is 0 Å². The molecule has 32 heavy (non-hydrogen) atoms. The first-order valence-electron chi connectivity index (χ1n) is 10.6. The topological polar surface area (TPSA) is 63.1 Å². The van der Waals surface area contributed by atoms with Crippen LogP contribution in [0.25, 0.3) is 16.6 Å². The summed E-state index contributed by atoms with van der Waals surface area (Å²) < 4.78 is 7.16. The maximum Gasteiger partial charge on any atom is 0.298 e. The van der Waals surface area contributed by atoms with Crippen LogP contribution in [0.4, 0.5) is 11.4 Å². The number of hydrogen-bond donors (Lipinski definition) is 1. The molecule has 160 valence electrons. The van der Waals surface area contributed by atoms with Crippen molar-refractivity contribution in [2.24, 2.45) is 0 Å². The predicted octanol–water partition coefficient (Wildman–Crippen LogP) is 4.26. The number of morpholine rings is 1. The van der Waals surface area contributed by atoms with Gasteiger partial charge >= 0.3 is 0 Å². The van der Waals surface area contributed by atoms with E-state index in [4.69, 9.17) is 4.74 Å². The third-order valence-corrected chi connectivity index (χ3v) is 5.69. The highest BCUT2D eigenvalue weighted by atomic mass is 16.5. The van der Waals surface area contributed by atoms with Crippen LogP contribution in [0.1, 0.15) is 10.5 Å². The Morgan fingerprint density at radius 3 is 2.31 bits per heavy atom. The fourth-order valence-corrected chi connectivity index (χ4v) is 4.07. The molecular weight excluding hydrogens is 402 g/mol. The van der Waals surface area contributed by atoms with E-state index in [2.05, 4.69) is 10.2 Å². The van der Waals surface area contributed by atoms with Crippen LogP contribution in [0.3, 0.4) is 0 Å². The third-order valence-electron chi connectivity index (χ3n) is 5.69. The molecule has 0 aliphatic carbocycles. The van der Waals surface area contributed by atoms with Gasteiger partial charge in [-0.2, -0.15) is 0 Å². The molecule has 0 radical (unpaired) electrons. The van der Waals surface area contributed by atoms with Crippen molar-refractivity contribution < 1.29 is 14.3 Å². The number of aromatic nitrogens is 1. The average molecular weight is 425 g/mol. The van der Waals surface area contributed by atoms with E-state index in [0.29, 0.717) is 24.6 Å². The lowest BCUT2D eigenvalue weighted by molar-refractivity contribution is -0.112. The van der Waals surface area contributed by atoms with Crippen molar-refractivity contribution in [3.05, 3.63) is 90.8 Å². The smallest absolute Gasteiger partial charge is 0.298 e. The molecule has 1 amide bonds. The van der Waals surface area contributed by atoms with Gasteiger partial charge in [0.05, 0.1) is 13.2 Å². The van der Waals surface area contributed by atoms with Gasteiger partial charge in [0.2, 0.25) is 0 Å². The monoisotopic (exact) mass is 425 g/mol. The molecule has 1 saturated heterocycles. The number of carbonyl (C=O) groups is 2. The highest BCUT2D eigenvalue weighted by Gasteiger charge is 2.25. The van der Waals surface area contributed by atoms with Gasteiger partial charge in [0, 0.05) is 41.7 Å². The molecule has 1 N–H and O–H groups in total. The highest BCUT2D eigenvalue weighted by Crippen LogP contribution is 2.28. The summed E-state index contributed by atoms with van der Waals surface area (Å²) in [5.74, 6) is -1.24. The number of nitrogens with zero attached hydrogens (tertiary/aromatic N) is 2. The molecule has 5 rings (SSSR count). The van der Waals surface area contributed by atoms with Crippen molar-refractivity contribution in [1.82, 2.24) is 4.40 Å². The molecule has 6 nitrogen and oxygen atoms in total. The van der Waals surface area contributed by atoms with E-state index in [1.54, 1.807) is 10.6 Å². The molecule has 0 bridgehead atoms. The number of fused-ring (bicyclic) bond motifs is 1. The van der Waals surface area contributed by atoms with Gasteiger partial charge in [-0.3, -0.25) is 9.59 Å². The SMILES string of the molecule is O=C(Nc1ccc(N2CCOCC2)cc1)C(=O)c1c(-c2ccccc2)cc2ccccn12. The second-order valence-electron chi connectivity index (χ2n) is 7.70. The van der Waals surface area contributed by atoms with Crippen LogP contribution in [-0.2, 0) is 9.53 Å². The zero-order valence-corrected chi connectivity index (χ0v) is 17.5. The fourth-order valence-electron chi connectivity index (χ4n) is 4.07. The maximum absolute atomic E-state index is 13.3. The summed E-state index contributed by atoms with van der Waals surface area (Å²) >= 11 is 0. The Balaban J connectivity index is 1.41. The van der Waals surface area contributed by atoms with Gasteiger partial charge in [0.1, 0.15) is 5.69 Å². The van der Waals surface area contributed by atoms with Crippen LogP contribution in [0.2, 0.25) is 0 Å². The Morgan fingerprint density at radius 2 is 1.56 bits per heavy atom. The van der Waals surface area contributed by atoms with Crippen LogP contribution < -0.4 is 10.2 Å². The van der Waals surface area contributed by atoms with Crippen LogP contribution in [0, 0.1) is 0 Å². The third kappa shape index (κ3) is 3.88. The van der Waals surface area contributed by atoms with Gasteiger partial charge in [-0.15, -0.1) is 0 Å². The zero-order valence-electron chi connectivity index (χ0n) is 17.5. The molecule has 1 aliphatic heterocycles. The van der Waals surface area contributed by atoms with E-state index >= 15 is 0 Å². The van der Waals surface area contributed by atoms with Crippen molar-refractivity contribution in [3.63, 3.8) is 0 Å². The van der Waals surface area contributed by atoms with Crippen LogP contribution in [0.5, 0.6) is 0 Å². The molecule has 0 saturated carbocycles. The van der Waals surface area contributed by atoms with Crippen LogP contribution in [-0.4, -0.2) is 42.4 Å². The summed E-state index contributed by atoms with van der Waals surface area (Å²) in [4.78, 5) is 28.4. The van der Waals surface area contributed by atoms with Crippen LogP contribution >= 0.6 is 0 Å². The van der Waals surface area contributed by atoms with Gasteiger partial charge in [0.15, 0.2) is 0 Å². The summed E-state index contributed by atoms with van der Waals surface area (Å²) in [7, 11) is 0. The quantitative estimate of drug-likeness (QED) is 0.383. The number of ether oxygens (including phenoxy) is 1. The molecule has 1 aliphatic rings. The lowest BCUT2D eigenvalue weighted by atomic mass is 10.0. The number of hydrogen-bond acceptors (Lipinski definition) is 4. The molecule has 0 unspecified atom stereocenters.